The zero-order valence-corrected chi connectivity index (χ0v) is 12.5. The Morgan fingerprint density at radius 3 is 2.88 bits per heavy atom. The van der Waals surface area contributed by atoms with Crippen molar-refractivity contribution >= 4 is 50.6 Å². The summed E-state index contributed by atoms with van der Waals surface area (Å²) in [6, 6.07) is 4.15. The van der Waals surface area contributed by atoms with Crippen LogP contribution in [0.25, 0.3) is 0 Å². The summed E-state index contributed by atoms with van der Waals surface area (Å²) in [6.45, 7) is 2.51. The molecule has 0 amide bonds. The van der Waals surface area contributed by atoms with Crippen LogP contribution >= 0.6 is 50.6 Å². The third kappa shape index (κ3) is 3.04. The van der Waals surface area contributed by atoms with E-state index in [2.05, 4.69) is 37.4 Å². The van der Waals surface area contributed by atoms with E-state index in [0.29, 0.717) is 6.54 Å². The average molecular weight is 336 g/mol. The Labute approximate surface area is 115 Å². The summed E-state index contributed by atoms with van der Waals surface area (Å²) in [5, 5.41) is 0.267. The van der Waals surface area contributed by atoms with Crippen molar-refractivity contribution in [1.82, 2.24) is 9.36 Å². The Morgan fingerprint density at radius 2 is 2.38 bits per heavy atom. The highest BCUT2D eigenvalue weighted by Crippen LogP contribution is 2.39. The van der Waals surface area contributed by atoms with Gasteiger partial charge in [0.2, 0.25) is 0 Å². The molecule has 3 nitrogen and oxygen atoms in total. The van der Waals surface area contributed by atoms with Gasteiger partial charge in [0.15, 0.2) is 4.34 Å². The van der Waals surface area contributed by atoms with Gasteiger partial charge in [0.1, 0.15) is 5.82 Å². The van der Waals surface area contributed by atoms with Crippen LogP contribution in [0.15, 0.2) is 20.3 Å². The number of thiophene rings is 1. The standard InChI is InChI=1S/C9H10BrN3S3/c1-5-12-9(16-13-5)15-7(4-11)6-2-3-8(10)14-6/h2-3,7H,4,11H2,1H3. The molecule has 0 bridgehead atoms. The van der Waals surface area contributed by atoms with Crippen molar-refractivity contribution in [2.75, 3.05) is 6.54 Å². The monoisotopic (exact) mass is 335 g/mol. The smallest absolute Gasteiger partial charge is 0.170 e. The van der Waals surface area contributed by atoms with Gasteiger partial charge in [-0.2, -0.15) is 4.37 Å². The minimum absolute atomic E-state index is 0.267. The lowest BCUT2D eigenvalue weighted by Crippen LogP contribution is -2.07. The second-order valence-electron chi connectivity index (χ2n) is 3.09. The number of hydrogen-bond acceptors (Lipinski definition) is 6. The zero-order valence-electron chi connectivity index (χ0n) is 8.51. The van der Waals surface area contributed by atoms with Crippen LogP contribution in [0.2, 0.25) is 0 Å². The first-order valence-electron chi connectivity index (χ1n) is 4.61. The van der Waals surface area contributed by atoms with Gasteiger partial charge in [-0.05, 0) is 46.5 Å². The van der Waals surface area contributed by atoms with Crippen LogP contribution in [0.5, 0.6) is 0 Å². The Hall–Kier alpha value is 0.0500. The molecule has 0 fully saturated rings. The van der Waals surface area contributed by atoms with E-state index in [0.717, 1.165) is 14.0 Å². The Bertz CT molecular complexity index is 468. The minimum atomic E-state index is 0.267. The molecule has 0 aromatic carbocycles. The number of aromatic nitrogens is 2. The number of thioether (sulfide) groups is 1. The van der Waals surface area contributed by atoms with Crippen LogP contribution in [-0.2, 0) is 0 Å². The lowest BCUT2D eigenvalue weighted by Gasteiger charge is -2.09. The predicted molar refractivity (Wildman–Crippen MR) is 74.3 cm³/mol. The molecule has 0 aliphatic carbocycles. The number of hydrogen-bond donors (Lipinski definition) is 1. The Balaban J connectivity index is 2.12. The van der Waals surface area contributed by atoms with Crippen molar-refractivity contribution in [3.63, 3.8) is 0 Å². The van der Waals surface area contributed by atoms with Gasteiger partial charge in [-0.15, -0.1) is 11.3 Å². The Morgan fingerprint density at radius 1 is 1.56 bits per heavy atom. The van der Waals surface area contributed by atoms with Crippen molar-refractivity contribution < 1.29 is 0 Å². The maximum Gasteiger partial charge on any atom is 0.170 e. The molecule has 2 N–H and O–H groups in total. The van der Waals surface area contributed by atoms with E-state index in [1.165, 1.54) is 16.4 Å². The van der Waals surface area contributed by atoms with Crippen LogP contribution in [0.3, 0.4) is 0 Å². The summed E-state index contributed by atoms with van der Waals surface area (Å²) < 4.78 is 6.28. The van der Waals surface area contributed by atoms with E-state index in [-0.39, 0.29) is 5.25 Å². The molecule has 2 aromatic heterocycles. The molecule has 2 aromatic rings. The van der Waals surface area contributed by atoms with Crippen molar-refractivity contribution in [3.05, 3.63) is 26.6 Å². The number of halogens is 1. The van der Waals surface area contributed by atoms with Gasteiger partial charge < -0.3 is 5.73 Å². The number of nitrogens with zero attached hydrogens (tertiary/aromatic N) is 2. The van der Waals surface area contributed by atoms with Gasteiger partial charge in [-0.1, -0.05) is 11.8 Å². The normalized spacial score (nSPS) is 12.9. The summed E-state index contributed by atoms with van der Waals surface area (Å²) in [4.78, 5) is 5.61. The molecular weight excluding hydrogens is 326 g/mol. The highest BCUT2D eigenvalue weighted by Gasteiger charge is 2.15. The summed E-state index contributed by atoms with van der Waals surface area (Å²) in [5.74, 6) is 0.829. The SMILES string of the molecule is Cc1nsc(SC(CN)c2ccc(Br)s2)n1. The lowest BCUT2D eigenvalue weighted by atomic mass is 10.3. The third-order valence-corrected chi connectivity index (χ3v) is 5.90. The van der Waals surface area contributed by atoms with Crippen LogP contribution in [0.1, 0.15) is 16.0 Å². The molecule has 0 aliphatic heterocycles. The molecule has 1 unspecified atom stereocenters. The van der Waals surface area contributed by atoms with Gasteiger partial charge in [-0.3, -0.25) is 0 Å². The molecule has 2 heterocycles. The molecule has 0 saturated carbocycles. The topological polar surface area (TPSA) is 51.8 Å². The highest BCUT2D eigenvalue weighted by molar-refractivity contribution is 9.11. The van der Waals surface area contributed by atoms with Gasteiger partial charge in [0, 0.05) is 11.4 Å². The summed E-state index contributed by atoms with van der Waals surface area (Å²) in [5.41, 5.74) is 5.80. The van der Waals surface area contributed by atoms with E-state index in [9.17, 15) is 0 Å². The lowest BCUT2D eigenvalue weighted by molar-refractivity contribution is 0.956. The van der Waals surface area contributed by atoms with Gasteiger partial charge in [0.05, 0.1) is 9.04 Å². The van der Waals surface area contributed by atoms with Crippen molar-refractivity contribution in [1.29, 1.82) is 0 Å². The van der Waals surface area contributed by atoms with Crippen LogP contribution in [0.4, 0.5) is 0 Å². The first-order valence-corrected chi connectivity index (χ1v) is 7.87. The van der Waals surface area contributed by atoms with Crippen LogP contribution < -0.4 is 5.73 Å². The Kier molecular flexibility index (Phi) is 4.37. The molecule has 7 heteroatoms. The first-order chi connectivity index (χ1) is 7.69. The van der Waals surface area contributed by atoms with Crippen LogP contribution in [0, 0.1) is 6.92 Å². The predicted octanol–water partition coefficient (Wildman–Crippen LogP) is 3.46. The van der Waals surface area contributed by atoms with E-state index < -0.39 is 0 Å². The van der Waals surface area contributed by atoms with Crippen molar-refractivity contribution in [2.24, 2.45) is 5.73 Å². The van der Waals surface area contributed by atoms with Gasteiger partial charge >= 0.3 is 0 Å². The summed E-state index contributed by atoms with van der Waals surface area (Å²) in [7, 11) is 0. The minimum Gasteiger partial charge on any atom is -0.329 e. The fourth-order valence-electron chi connectivity index (χ4n) is 1.17. The van der Waals surface area contributed by atoms with Crippen molar-refractivity contribution in [3.8, 4) is 0 Å². The number of aryl methyl sites for hydroxylation is 1. The molecule has 86 valence electrons. The third-order valence-electron chi connectivity index (χ3n) is 1.88. The average Bonchev–Trinajstić information content (AvgIpc) is 2.84. The summed E-state index contributed by atoms with van der Waals surface area (Å²) in [6.07, 6.45) is 0. The molecule has 0 saturated heterocycles. The first kappa shape index (κ1) is 12.5. The quantitative estimate of drug-likeness (QED) is 0.869. The highest BCUT2D eigenvalue weighted by atomic mass is 79.9. The van der Waals surface area contributed by atoms with E-state index in [1.807, 2.05) is 6.92 Å². The molecule has 2 rings (SSSR count). The zero-order chi connectivity index (χ0) is 11.5. The fraction of sp³-hybridized carbons (Fsp3) is 0.333. The largest absolute Gasteiger partial charge is 0.329 e. The molecule has 0 radical (unpaired) electrons. The number of rotatable bonds is 4. The van der Waals surface area contributed by atoms with Crippen LogP contribution in [-0.4, -0.2) is 15.9 Å². The van der Waals surface area contributed by atoms with E-state index in [1.54, 1.807) is 23.1 Å². The molecule has 1 atom stereocenters. The second kappa shape index (κ2) is 5.59. The van der Waals surface area contributed by atoms with Gasteiger partial charge in [0.25, 0.3) is 0 Å². The molecular formula is C9H10BrN3S3. The molecule has 16 heavy (non-hydrogen) atoms. The fourth-order valence-corrected chi connectivity index (χ4v) is 4.65. The van der Waals surface area contributed by atoms with E-state index in [4.69, 9.17) is 5.73 Å². The summed E-state index contributed by atoms with van der Waals surface area (Å²) >= 11 is 8.30. The number of nitrogens with two attached hydrogens (primary N) is 1. The van der Waals surface area contributed by atoms with Crippen molar-refractivity contribution in [2.45, 2.75) is 16.5 Å². The maximum absolute atomic E-state index is 5.80. The second-order valence-corrected chi connectivity index (χ2v) is 7.79. The van der Waals surface area contributed by atoms with E-state index >= 15 is 0 Å². The maximum atomic E-state index is 5.80. The molecule has 0 aliphatic rings. The molecule has 0 spiro atoms. The van der Waals surface area contributed by atoms with Gasteiger partial charge in [-0.25, -0.2) is 4.98 Å².